The Kier molecular flexibility index (Phi) is 2.09. The van der Waals surface area contributed by atoms with Gasteiger partial charge in [0, 0.05) is 0 Å². The van der Waals surface area contributed by atoms with Gasteiger partial charge in [-0.3, -0.25) is 0 Å². The van der Waals surface area contributed by atoms with E-state index in [0.29, 0.717) is 5.92 Å². The zero-order valence-electron chi connectivity index (χ0n) is 5.75. The number of aliphatic hydroxyl groups is 2. The minimum atomic E-state index is -0.464. The lowest BCUT2D eigenvalue weighted by Gasteiger charge is -2.27. The Hall–Kier alpha value is -0.0800. The van der Waals surface area contributed by atoms with E-state index in [2.05, 4.69) is 6.92 Å². The van der Waals surface area contributed by atoms with Crippen molar-refractivity contribution in [2.75, 3.05) is 0 Å². The molecule has 1 rings (SSSR count). The van der Waals surface area contributed by atoms with Gasteiger partial charge in [0.15, 0.2) is 0 Å². The standard InChI is InChI=1S/C7H14O2/c1-5-2-3-6(8)7(9)4-5/h5-9H,2-4H2,1H3/t5?,6-,7+/m0/s1. The van der Waals surface area contributed by atoms with Crippen molar-refractivity contribution in [2.45, 2.75) is 38.4 Å². The van der Waals surface area contributed by atoms with E-state index in [1.807, 2.05) is 0 Å². The Labute approximate surface area is 55.5 Å². The molecule has 0 heterocycles. The number of rotatable bonds is 0. The van der Waals surface area contributed by atoms with E-state index in [1.54, 1.807) is 0 Å². The van der Waals surface area contributed by atoms with Crippen LogP contribution in [0, 0.1) is 5.92 Å². The molecule has 0 aliphatic heterocycles. The molecule has 3 atom stereocenters. The molecule has 0 bridgehead atoms. The third kappa shape index (κ3) is 1.66. The first-order valence-corrected chi connectivity index (χ1v) is 3.56. The SMILES string of the molecule is CC1CC[C@H](O)[C@H](O)C1. The van der Waals surface area contributed by atoms with Crippen LogP contribution in [0.5, 0.6) is 0 Å². The molecule has 1 aliphatic rings. The molecule has 1 fully saturated rings. The molecular weight excluding hydrogens is 116 g/mol. The number of hydrogen-bond donors (Lipinski definition) is 2. The van der Waals surface area contributed by atoms with Gasteiger partial charge in [0.25, 0.3) is 0 Å². The molecule has 0 aromatic heterocycles. The molecular formula is C7H14O2. The lowest BCUT2D eigenvalue weighted by Crippen LogP contribution is -2.32. The van der Waals surface area contributed by atoms with Crippen molar-refractivity contribution in [1.82, 2.24) is 0 Å². The number of hydrogen-bond acceptors (Lipinski definition) is 2. The third-order valence-electron chi connectivity index (χ3n) is 2.04. The second-order valence-corrected chi connectivity index (χ2v) is 3.05. The Morgan fingerprint density at radius 3 is 2.22 bits per heavy atom. The van der Waals surface area contributed by atoms with Crippen molar-refractivity contribution < 1.29 is 10.2 Å². The Bertz CT molecular complexity index is 92.9. The summed E-state index contributed by atoms with van der Waals surface area (Å²) in [5.41, 5.74) is 0. The summed E-state index contributed by atoms with van der Waals surface area (Å²) in [6.45, 7) is 2.11. The fourth-order valence-corrected chi connectivity index (χ4v) is 1.33. The molecule has 0 radical (unpaired) electrons. The van der Waals surface area contributed by atoms with Crippen LogP contribution in [0.1, 0.15) is 26.2 Å². The van der Waals surface area contributed by atoms with Gasteiger partial charge in [-0.25, -0.2) is 0 Å². The van der Waals surface area contributed by atoms with Crippen LogP contribution in [0.25, 0.3) is 0 Å². The average molecular weight is 130 g/mol. The lowest BCUT2D eigenvalue weighted by molar-refractivity contribution is -0.0226. The van der Waals surface area contributed by atoms with Crippen molar-refractivity contribution in [2.24, 2.45) is 5.92 Å². The predicted octanol–water partition coefficient (Wildman–Crippen LogP) is 0.528. The predicted molar refractivity (Wildman–Crippen MR) is 35.0 cm³/mol. The van der Waals surface area contributed by atoms with Crippen LogP contribution in [0.2, 0.25) is 0 Å². The largest absolute Gasteiger partial charge is 0.390 e. The lowest BCUT2D eigenvalue weighted by atomic mass is 9.87. The maximum absolute atomic E-state index is 9.10. The van der Waals surface area contributed by atoms with E-state index < -0.39 is 12.2 Å². The van der Waals surface area contributed by atoms with Crippen LogP contribution < -0.4 is 0 Å². The van der Waals surface area contributed by atoms with Gasteiger partial charge in [-0.2, -0.15) is 0 Å². The summed E-state index contributed by atoms with van der Waals surface area (Å²) in [6.07, 6.45) is 1.66. The molecule has 1 unspecified atom stereocenters. The maximum atomic E-state index is 9.10. The van der Waals surface area contributed by atoms with E-state index in [4.69, 9.17) is 10.2 Å². The van der Waals surface area contributed by atoms with Crippen LogP contribution in [-0.4, -0.2) is 22.4 Å². The van der Waals surface area contributed by atoms with Crippen LogP contribution in [0.4, 0.5) is 0 Å². The van der Waals surface area contributed by atoms with Crippen molar-refractivity contribution >= 4 is 0 Å². The number of aliphatic hydroxyl groups excluding tert-OH is 2. The van der Waals surface area contributed by atoms with Gasteiger partial charge >= 0.3 is 0 Å². The van der Waals surface area contributed by atoms with Crippen LogP contribution >= 0.6 is 0 Å². The van der Waals surface area contributed by atoms with E-state index in [0.717, 1.165) is 19.3 Å². The van der Waals surface area contributed by atoms with E-state index in [9.17, 15) is 0 Å². The first-order valence-electron chi connectivity index (χ1n) is 3.56. The van der Waals surface area contributed by atoms with Gasteiger partial charge in [-0.1, -0.05) is 6.92 Å². The van der Waals surface area contributed by atoms with E-state index >= 15 is 0 Å². The molecule has 54 valence electrons. The second kappa shape index (κ2) is 2.67. The average Bonchev–Trinajstić information content (AvgIpc) is 1.80. The molecule has 0 aromatic carbocycles. The van der Waals surface area contributed by atoms with E-state index in [-0.39, 0.29) is 0 Å². The van der Waals surface area contributed by atoms with Gasteiger partial charge in [-0.05, 0) is 25.2 Å². The molecule has 2 heteroatoms. The van der Waals surface area contributed by atoms with Gasteiger partial charge < -0.3 is 10.2 Å². The highest BCUT2D eigenvalue weighted by Crippen LogP contribution is 2.23. The molecule has 1 saturated carbocycles. The second-order valence-electron chi connectivity index (χ2n) is 3.05. The first kappa shape index (κ1) is 7.03. The first-order chi connectivity index (χ1) is 4.20. The highest BCUT2D eigenvalue weighted by molar-refractivity contribution is 4.76. The smallest absolute Gasteiger partial charge is 0.0801 e. The normalized spacial score (nSPS) is 45.0. The summed E-state index contributed by atoms with van der Waals surface area (Å²) in [6, 6.07) is 0. The van der Waals surface area contributed by atoms with Crippen molar-refractivity contribution in [3.05, 3.63) is 0 Å². The van der Waals surface area contributed by atoms with Gasteiger partial charge in [0.2, 0.25) is 0 Å². The van der Waals surface area contributed by atoms with Gasteiger partial charge in [0.1, 0.15) is 0 Å². The van der Waals surface area contributed by atoms with Crippen LogP contribution in [0.15, 0.2) is 0 Å². The summed E-state index contributed by atoms with van der Waals surface area (Å²) in [7, 11) is 0. The fraction of sp³-hybridized carbons (Fsp3) is 1.00. The maximum Gasteiger partial charge on any atom is 0.0801 e. The Balaban J connectivity index is 2.35. The molecule has 2 N–H and O–H groups in total. The fourth-order valence-electron chi connectivity index (χ4n) is 1.33. The topological polar surface area (TPSA) is 40.5 Å². The summed E-state index contributed by atoms with van der Waals surface area (Å²) in [4.78, 5) is 0. The molecule has 2 nitrogen and oxygen atoms in total. The van der Waals surface area contributed by atoms with Gasteiger partial charge in [0.05, 0.1) is 12.2 Å². The van der Waals surface area contributed by atoms with Crippen molar-refractivity contribution in [3.8, 4) is 0 Å². The van der Waals surface area contributed by atoms with Crippen LogP contribution in [0.3, 0.4) is 0 Å². The zero-order valence-corrected chi connectivity index (χ0v) is 5.75. The summed E-state index contributed by atoms with van der Waals surface area (Å²) >= 11 is 0. The molecule has 1 aliphatic carbocycles. The summed E-state index contributed by atoms with van der Waals surface area (Å²) in [5, 5.41) is 18.1. The summed E-state index contributed by atoms with van der Waals surface area (Å²) < 4.78 is 0. The minimum Gasteiger partial charge on any atom is -0.390 e. The Morgan fingerprint density at radius 1 is 1.11 bits per heavy atom. The van der Waals surface area contributed by atoms with E-state index in [1.165, 1.54) is 0 Å². The van der Waals surface area contributed by atoms with Crippen molar-refractivity contribution in [3.63, 3.8) is 0 Å². The highest BCUT2D eigenvalue weighted by Gasteiger charge is 2.24. The van der Waals surface area contributed by atoms with Crippen LogP contribution in [-0.2, 0) is 0 Å². The van der Waals surface area contributed by atoms with Gasteiger partial charge in [-0.15, -0.1) is 0 Å². The minimum absolute atomic E-state index is 0.457. The highest BCUT2D eigenvalue weighted by atomic mass is 16.3. The Morgan fingerprint density at radius 2 is 1.78 bits per heavy atom. The zero-order chi connectivity index (χ0) is 6.85. The molecule has 0 saturated heterocycles. The van der Waals surface area contributed by atoms with Crippen molar-refractivity contribution in [1.29, 1.82) is 0 Å². The quantitative estimate of drug-likeness (QED) is 0.502. The molecule has 0 spiro atoms. The third-order valence-corrected chi connectivity index (χ3v) is 2.04. The molecule has 9 heavy (non-hydrogen) atoms. The summed E-state index contributed by atoms with van der Waals surface area (Å²) in [5.74, 6) is 0.586. The molecule has 0 amide bonds. The monoisotopic (exact) mass is 130 g/mol. The molecule has 0 aromatic rings.